The molecule has 1 aliphatic carbocycles. The van der Waals surface area contributed by atoms with Gasteiger partial charge in [0.2, 0.25) is 0 Å². The maximum Gasteiger partial charge on any atom is 0.410 e. The summed E-state index contributed by atoms with van der Waals surface area (Å²) in [6.07, 6.45) is 2.09. The van der Waals surface area contributed by atoms with Crippen LogP contribution in [-0.2, 0) is 9.53 Å². The summed E-state index contributed by atoms with van der Waals surface area (Å²) in [6.45, 7) is 7.80. The van der Waals surface area contributed by atoms with E-state index in [1.807, 2.05) is 25.7 Å². The van der Waals surface area contributed by atoms with E-state index in [4.69, 9.17) is 4.74 Å². The standard InChI is InChI=1S/C14H24N2O4/c1-13(2,3)20-12(19)15-7-9-16(10-8-15)14(11(17)18)5-4-6-14/h4-10H2,1-3H3,(H,17,18). The van der Waals surface area contributed by atoms with Gasteiger partial charge in [0.05, 0.1) is 0 Å². The quantitative estimate of drug-likeness (QED) is 0.833. The molecule has 0 aromatic rings. The third-order valence-electron chi connectivity index (χ3n) is 4.12. The van der Waals surface area contributed by atoms with Gasteiger partial charge < -0.3 is 14.7 Å². The zero-order valence-corrected chi connectivity index (χ0v) is 12.5. The molecule has 1 saturated carbocycles. The number of ether oxygens (including phenoxy) is 1. The van der Waals surface area contributed by atoms with Crippen LogP contribution in [0.15, 0.2) is 0 Å². The highest BCUT2D eigenvalue weighted by Gasteiger charge is 2.50. The normalized spacial score (nSPS) is 23.1. The predicted molar refractivity (Wildman–Crippen MR) is 73.6 cm³/mol. The summed E-state index contributed by atoms with van der Waals surface area (Å²) in [5.41, 5.74) is -1.18. The SMILES string of the molecule is CC(C)(C)OC(=O)N1CCN(C2(C(=O)O)CCC2)CC1. The van der Waals surface area contributed by atoms with Crippen molar-refractivity contribution in [1.82, 2.24) is 9.80 Å². The van der Waals surface area contributed by atoms with Crippen molar-refractivity contribution in [3.05, 3.63) is 0 Å². The number of aliphatic carboxylic acids is 1. The van der Waals surface area contributed by atoms with Crippen LogP contribution in [0.3, 0.4) is 0 Å². The van der Waals surface area contributed by atoms with Gasteiger partial charge in [-0.05, 0) is 40.0 Å². The van der Waals surface area contributed by atoms with E-state index in [9.17, 15) is 14.7 Å². The molecule has 0 radical (unpaired) electrons. The van der Waals surface area contributed by atoms with Gasteiger partial charge in [0.15, 0.2) is 0 Å². The Balaban J connectivity index is 1.89. The molecule has 1 N–H and O–H groups in total. The summed E-state index contributed by atoms with van der Waals surface area (Å²) in [6, 6.07) is 0. The van der Waals surface area contributed by atoms with Crippen LogP contribution >= 0.6 is 0 Å². The number of piperazine rings is 1. The Labute approximate surface area is 119 Å². The molecule has 2 rings (SSSR count). The zero-order valence-electron chi connectivity index (χ0n) is 12.5. The van der Waals surface area contributed by atoms with Gasteiger partial charge in [0.1, 0.15) is 11.1 Å². The van der Waals surface area contributed by atoms with E-state index in [-0.39, 0.29) is 6.09 Å². The lowest BCUT2D eigenvalue weighted by Gasteiger charge is -2.49. The van der Waals surface area contributed by atoms with Crippen LogP contribution in [0.25, 0.3) is 0 Å². The fourth-order valence-corrected chi connectivity index (χ4v) is 2.82. The van der Waals surface area contributed by atoms with Crippen LogP contribution in [0.1, 0.15) is 40.0 Å². The van der Waals surface area contributed by atoms with E-state index in [2.05, 4.69) is 0 Å². The van der Waals surface area contributed by atoms with E-state index >= 15 is 0 Å². The molecule has 0 aromatic carbocycles. The molecule has 0 atom stereocenters. The van der Waals surface area contributed by atoms with Gasteiger partial charge in [-0.15, -0.1) is 0 Å². The molecule has 6 heteroatoms. The highest BCUT2D eigenvalue weighted by molar-refractivity contribution is 5.80. The second-order valence-electron chi connectivity index (χ2n) is 6.64. The maximum atomic E-state index is 12.0. The first-order valence-electron chi connectivity index (χ1n) is 7.21. The molecule has 6 nitrogen and oxygen atoms in total. The van der Waals surface area contributed by atoms with Gasteiger partial charge in [-0.25, -0.2) is 4.79 Å². The Kier molecular flexibility index (Phi) is 3.95. The summed E-state index contributed by atoms with van der Waals surface area (Å²) < 4.78 is 5.34. The molecule has 20 heavy (non-hydrogen) atoms. The summed E-state index contributed by atoms with van der Waals surface area (Å²) in [7, 11) is 0. The fourth-order valence-electron chi connectivity index (χ4n) is 2.82. The Bertz CT molecular complexity index is 390. The largest absolute Gasteiger partial charge is 0.480 e. The number of rotatable bonds is 2. The summed E-state index contributed by atoms with van der Waals surface area (Å²) in [4.78, 5) is 27.1. The van der Waals surface area contributed by atoms with E-state index in [1.54, 1.807) is 4.90 Å². The Morgan fingerprint density at radius 1 is 1.10 bits per heavy atom. The van der Waals surface area contributed by atoms with Gasteiger partial charge in [-0.3, -0.25) is 9.69 Å². The molecule has 1 amide bonds. The lowest BCUT2D eigenvalue weighted by Crippen LogP contribution is -2.64. The zero-order chi connectivity index (χ0) is 15.0. The van der Waals surface area contributed by atoms with Crippen molar-refractivity contribution in [2.75, 3.05) is 26.2 Å². The molecule has 0 bridgehead atoms. The molecule has 0 aromatic heterocycles. The van der Waals surface area contributed by atoms with Crippen molar-refractivity contribution in [1.29, 1.82) is 0 Å². The van der Waals surface area contributed by atoms with Crippen molar-refractivity contribution in [3.8, 4) is 0 Å². The number of carbonyl (C=O) groups is 2. The van der Waals surface area contributed by atoms with Crippen LogP contribution in [0.5, 0.6) is 0 Å². The minimum Gasteiger partial charge on any atom is -0.480 e. The number of amides is 1. The summed E-state index contributed by atoms with van der Waals surface area (Å²) in [5, 5.41) is 9.42. The molecule has 0 unspecified atom stereocenters. The van der Waals surface area contributed by atoms with Crippen molar-refractivity contribution < 1.29 is 19.4 Å². The third-order valence-corrected chi connectivity index (χ3v) is 4.12. The minimum absolute atomic E-state index is 0.310. The van der Waals surface area contributed by atoms with Crippen LogP contribution < -0.4 is 0 Å². The Hall–Kier alpha value is -1.30. The molecule has 114 valence electrons. The average molecular weight is 284 g/mol. The molecule has 0 spiro atoms. The Morgan fingerprint density at radius 2 is 1.65 bits per heavy atom. The number of carboxylic acids is 1. The number of carbonyl (C=O) groups excluding carboxylic acids is 1. The minimum atomic E-state index is -0.727. The van der Waals surface area contributed by atoms with Crippen molar-refractivity contribution in [2.24, 2.45) is 0 Å². The predicted octanol–water partition coefficient (Wildman–Crippen LogP) is 1.55. The molecule has 2 aliphatic rings. The average Bonchev–Trinajstić information content (AvgIpc) is 2.25. The van der Waals surface area contributed by atoms with Crippen LogP contribution in [0, 0.1) is 0 Å². The van der Waals surface area contributed by atoms with Gasteiger partial charge in [0.25, 0.3) is 0 Å². The second-order valence-corrected chi connectivity index (χ2v) is 6.64. The van der Waals surface area contributed by atoms with Crippen LogP contribution in [0.4, 0.5) is 4.79 Å². The number of nitrogens with zero attached hydrogens (tertiary/aromatic N) is 2. The third kappa shape index (κ3) is 2.90. The van der Waals surface area contributed by atoms with Gasteiger partial charge in [-0.1, -0.05) is 0 Å². The Morgan fingerprint density at radius 3 is 2.00 bits per heavy atom. The lowest BCUT2D eigenvalue weighted by molar-refractivity contribution is -0.160. The van der Waals surface area contributed by atoms with Gasteiger partial charge >= 0.3 is 12.1 Å². The molecule has 1 aliphatic heterocycles. The van der Waals surface area contributed by atoms with Gasteiger partial charge in [-0.2, -0.15) is 0 Å². The first kappa shape index (κ1) is 15.1. The van der Waals surface area contributed by atoms with Crippen molar-refractivity contribution in [2.45, 2.75) is 51.2 Å². The van der Waals surface area contributed by atoms with Crippen molar-refractivity contribution in [3.63, 3.8) is 0 Å². The molecule has 1 heterocycles. The van der Waals surface area contributed by atoms with E-state index < -0.39 is 17.1 Å². The summed E-state index contributed by atoms with van der Waals surface area (Å²) in [5.74, 6) is -0.727. The molecular formula is C14H24N2O4. The van der Waals surface area contributed by atoms with Crippen LogP contribution in [-0.4, -0.2) is 64.3 Å². The van der Waals surface area contributed by atoms with E-state index in [0.29, 0.717) is 26.2 Å². The smallest absolute Gasteiger partial charge is 0.410 e. The monoisotopic (exact) mass is 284 g/mol. The van der Waals surface area contributed by atoms with Crippen molar-refractivity contribution >= 4 is 12.1 Å². The van der Waals surface area contributed by atoms with E-state index in [0.717, 1.165) is 19.3 Å². The lowest BCUT2D eigenvalue weighted by atomic mass is 9.75. The number of carboxylic acid groups (broad SMARTS) is 1. The highest BCUT2D eigenvalue weighted by atomic mass is 16.6. The molecule has 2 fully saturated rings. The number of hydrogen-bond acceptors (Lipinski definition) is 4. The van der Waals surface area contributed by atoms with Crippen LogP contribution in [0.2, 0.25) is 0 Å². The topological polar surface area (TPSA) is 70.1 Å². The first-order chi connectivity index (χ1) is 9.24. The molecular weight excluding hydrogens is 260 g/mol. The van der Waals surface area contributed by atoms with Gasteiger partial charge in [0, 0.05) is 26.2 Å². The maximum absolute atomic E-state index is 12.0. The highest BCUT2D eigenvalue weighted by Crippen LogP contribution is 2.38. The number of hydrogen-bond donors (Lipinski definition) is 1. The summed E-state index contributed by atoms with van der Waals surface area (Å²) >= 11 is 0. The fraction of sp³-hybridized carbons (Fsp3) is 0.857. The second kappa shape index (κ2) is 5.24. The molecule has 1 saturated heterocycles. The van der Waals surface area contributed by atoms with E-state index in [1.165, 1.54) is 0 Å². The first-order valence-corrected chi connectivity index (χ1v) is 7.21.